The van der Waals surface area contributed by atoms with Gasteiger partial charge in [0.15, 0.2) is 0 Å². The number of amides is 3. The van der Waals surface area contributed by atoms with Crippen molar-refractivity contribution in [2.45, 2.75) is 33.2 Å². The van der Waals surface area contributed by atoms with Crippen LogP contribution in [0.4, 0.5) is 10.5 Å². The molecule has 1 atom stereocenters. The molecule has 2 N–H and O–H groups in total. The van der Waals surface area contributed by atoms with Crippen molar-refractivity contribution in [2.75, 3.05) is 37.6 Å². The number of hydrogen-bond donors (Lipinski definition) is 2. The van der Waals surface area contributed by atoms with Gasteiger partial charge >= 0.3 is 6.03 Å². The molecule has 6 nitrogen and oxygen atoms in total. The van der Waals surface area contributed by atoms with Gasteiger partial charge in [-0.05, 0) is 31.4 Å². The van der Waals surface area contributed by atoms with Gasteiger partial charge in [-0.1, -0.05) is 32.0 Å². The van der Waals surface area contributed by atoms with Crippen LogP contribution in [-0.4, -0.2) is 55.6 Å². The molecular formula is C19H30N4O2. The van der Waals surface area contributed by atoms with Crippen molar-refractivity contribution in [1.82, 2.24) is 15.5 Å². The van der Waals surface area contributed by atoms with Crippen LogP contribution in [0.5, 0.6) is 0 Å². The Morgan fingerprint density at radius 1 is 1.04 bits per heavy atom. The summed E-state index contributed by atoms with van der Waals surface area (Å²) in [5, 5.41) is 5.67. The Morgan fingerprint density at radius 2 is 1.68 bits per heavy atom. The van der Waals surface area contributed by atoms with Crippen LogP contribution >= 0.6 is 0 Å². The predicted octanol–water partition coefficient (Wildman–Crippen LogP) is 2.07. The minimum atomic E-state index is -0.521. The zero-order valence-electron chi connectivity index (χ0n) is 15.5. The Labute approximate surface area is 150 Å². The molecule has 0 aliphatic carbocycles. The van der Waals surface area contributed by atoms with E-state index in [1.807, 2.05) is 18.2 Å². The van der Waals surface area contributed by atoms with E-state index in [0.29, 0.717) is 25.6 Å². The molecule has 1 aliphatic rings. The van der Waals surface area contributed by atoms with E-state index in [9.17, 15) is 9.59 Å². The zero-order valence-corrected chi connectivity index (χ0v) is 15.5. The summed E-state index contributed by atoms with van der Waals surface area (Å²) < 4.78 is 0. The summed E-state index contributed by atoms with van der Waals surface area (Å²) in [7, 11) is 0. The second-order valence-corrected chi connectivity index (χ2v) is 6.95. The van der Waals surface area contributed by atoms with Gasteiger partial charge in [0, 0.05) is 38.4 Å². The number of rotatable bonds is 6. The maximum Gasteiger partial charge on any atom is 0.318 e. The lowest BCUT2D eigenvalue weighted by molar-refractivity contribution is -0.122. The number of nitrogens with one attached hydrogen (secondary N) is 2. The van der Waals surface area contributed by atoms with Crippen molar-refractivity contribution in [2.24, 2.45) is 5.92 Å². The van der Waals surface area contributed by atoms with E-state index in [1.165, 1.54) is 5.69 Å². The summed E-state index contributed by atoms with van der Waals surface area (Å²) in [5.41, 5.74) is 1.18. The molecule has 0 radical (unpaired) electrons. The van der Waals surface area contributed by atoms with Gasteiger partial charge in [0.2, 0.25) is 5.91 Å². The highest BCUT2D eigenvalue weighted by Crippen LogP contribution is 2.15. The van der Waals surface area contributed by atoms with E-state index < -0.39 is 6.04 Å². The van der Waals surface area contributed by atoms with Crippen LogP contribution in [0.2, 0.25) is 0 Å². The molecule has 1 saturated heterocycles. The topological polar surface area (TPSA) is 64.7 Å². The van der Waals surface area contributed by atoms with Gasteiger partial charge < -0.3 is 20.4 Å². The van der Waals surface area contributed by atoms with E-state index in [1.54, 1.807) is 11.8 Å². The first kappa shape index (κ1) is 19.1. The molecule has 3 amide bonds. The van der Waals surface area contributed by atoms with Crippen molar-refractivity contribution in [3.05, 3.63) is 30.3 Å². The van der Waals surface area contributed by atoms with Crippen LogP contribution in [0.3, 0.4) is 0 Å². The van der Waals surface area contributed by atoms with Gasteiger partial charge in [-0.25, -0.2) is 4.79 Å². The molecule has 1 aromatic rings. The largest absolute Gasteiger partial charge is 0.368 e. The predicted molar refractivity (Wildman–Crippen MR) is 101 cm³/mol. The quantitative estimate of drug-likeness (QED) is 0.829. The summed E-state index contributed by atoms with van der Waals surface area (Å²) in [6.07, 6.45) is 0.938. The maximum atomic E-state index is 12.4. The number of benzene rings is 1. The van der Waals surface area contributed by atoms with E-state index in [4.69, 9.17) is 0 Å². The number of anilines is 1. The summed E-state index contributed by atoms with van der Waals surface area (Å²) in [5.74, 6) is 0.419. The molecule has 25 heavy (non-hydrogen) atoms. The third-order valence-corrected chi connectivity index (χ3v) is 4.44. The first-order chi connectivity index (χ1) is 12.0. The Hall–Kier alpha value is -2.24. The van der Waals surface area contributed by atoms with E-state index in [0.717, 1.165) is 19.5 Å². The lowest BCUT2D eigenvalue weighted by Crippen LogP contribution is -2.55. The lowest BCUT2D eigenvalue weighted by atomic mass is 10.1. The fourth-order valence-electron chi connectivity index (χ4n) is 2.79. The highest BCUT2D eigenvalue weighted by molar-refractivity contribution is 5.86. The summed E-state index contributed by atoms with van der Waals surface area (Å²) in [6, 6.07) is 9.52. The average Bonchev–Trinajstić information content (AvgIpc) is 2.62. The zero-order chi connectivity index (χ0) is 18.2. The van der Waals surface area contributed by atoms with Gasteiger partial charge in [0.05, 0.1) is 0 Å². The van der Waals surface area contributed by atoms with Gasteiger partial charge in [-0.2, -0.15) is 0 Å². The van der Waals surface area contributed by atoms with Crippen molar-refractivity contribution in [3.63, 3.8) is 0 Å². The number of urea groups is 1. The Balaban J connectivity index is 1.73. The second-order valence-electron chi connectivity index (χ2n) is 6.95. The summed E-state index contributed by atoms with van der Waals surface area (Å²) >= 11 is 0. The second kappa shape index (κ2) is 9.30. The van der Waals surface area contributed by atoms with Gasteiger partial charge in [0.1, 0.15) is 6.04 Å². The third-order valence-electron chi connectivity index (χ3n) is 4.44. The number of carbonyl (C=O) groups excluding carboxylic acids is 2. The van der Waals surface area contributed by atoms with Gasteiger partial charge in [-0.15, -0.1) is 0 Å². The molecule has 1 aliphatic heterocycles. The molecule has 1 unspecified atom stereocenters. The lowest BCUT2D eigenvalue weighted by Gasteiger charge is -2.36. The van der Waals surface area contributed by atoms with Crippen molar-refractivity contribution < 1.29 is 9.59 Å². The smallest absolute Gasteiger partial charge is 0.318 e. The molecular weight excluding hydrogens is 316 g/mol. The number of piperazine rings is 1. The Bertz CT molecular complexity index is 554. The van der Waals surface area contributed by atoms with Crippen molar-refractivity contribution in [1.29, 1.82) is 0 Å². The van der Waals surface area contributed by atoms with Gasteiger partial charge in [0.25, 0.3) is 0 Å². The monoisotopic (exact) mass is 346 g/mol. The summed E-state index contributed by atoms with van der Waals surface area (Å²) in [4.78, 5) is 28.4. The number of nitrogens with zero attached hydrogens (tertiary/aromatic N) is 2. The molecule has 1 fully saturated rings. The molecule has 0 aromatic heterocycles. The maximum absolute atomic E-state index is 12.4. The van der Waals surface area contributed by atoms with Crippen LogP contribution in [0.1, 0.15) is 27.2 Å². The minimum Gasteiger partial charge on any atom is -0.368 e. The van der Waals surface area contributed by atoms with Crippen LogP contribution in [0.25, 0.3) is 0 Å². The Kier molecular flexibility index (Phi) is 7.10. The average molecular weight is 346 g/mol. The van der Waals surface area contributed by atoms with E-state index in [-0.39, 0.29) is 11.9 Å². The molecule has 1 aromatic carbocycles. The third kappa shape index (κ3) is 5.96. The van der Waals surface area contributed by atoms with Crippen LogP contribution in [0.15, 0.2) is 30.3 Å². The molecule has 0 bridgehead atoms. The molecule has 0 spiro atoms. The molecule has 1 heterocycles. The van der Waals surface area contributed by atoms with Crippen LogP contribution in [-0.2, 0) is 4.79 Å². The SMILES string of the molecule is CC(C)CCNC(=O)C(C)NC(=O)N1CCN(c2ccccc2)CC1. The summed E-state index contributed by atoms with van der Waals surface area (Å²) in [6.45, 7) is 9.51. The number of para-hydroxylation sites is 1. The first-order valence-corrected chi connectivity index (χ1v) is 9.10. The Morgan fingerprint density at radius 3 is 2.28 bits per heavy atom. The normalized spacial score (nSPS) is 15.8. The van der Waals surface area contributed by atoms with Crippen molar-refractivity contribution >= 4 is 17.6 Å². The van der Waals surface area contributed by atoms with E-state index in [2.05, 4.69) is 41.5 Å². The van der Waals surface area contributed by atoms with Crippen LogP contribution in [0, 0.1) is 5.92 Å². The van der Waals surface area contributed by atoms with Gasteiger partial charge in [-0.3, -0.25) is 4.79 Å². The standard InChI is InChI=1S/C19H30N4O2/c1-15(2)9-10-20-18(24)16(3)21-19(25)23-13-11-22(12-14-23)17-7-5-4-6-8-17/h4-8,15-16H,9-14H2,1-3H3,(H,20,24)(H,21,25). The molecule has 0 saturated carbocycles. The minimum absolute atomic E-state index is 0.128. The fraction of sp³-hybridized carbons (Fsp3) is 0.579. The molecule has 6 heteroatoms. The van der Waals surface area contributed by atoms with Crippen LogP contribution < -0.4 is 15.5 Å². The highest BCUT2D eigenvalue weighted by atomic mass is 16.2. The number of carbonyl (C=O) groups is 2. The first-order valence-electron chi connectivity index (χ1n) is 9.10. The fourth-order valence-corrected chi connectivity index (χ4v) is 2.79. The number of hydrogen-bond acceptors (Lipinski definition) is 3. The van der Waals surface area contributed by atoms with Crippen molar-refractivity contribution in [3.8, 4) is 0 Å². The molecule has 2 rings (SSSR count). The highest BCUT2D eigenvalue weighted by Gasteiger charge is 2.23. The molecule has 138 valence electrons. The van der Waals surface area contributed by atoms with E-state index >= 15 is 0 Å².